The zero-order valence-electron chi connectivity index (χ0n) is 11.6. The number of nitrogens with two attached hydrogens (primary N) is 1. The second-order valence-corrected chi connectivity index (χ2v) is 7.08. The van der Waals surface area contributed by atoms with Crippen molar-refractivity contribution in [1.29, 1.82) is 0 Å². The molecule has 0 bridgehead atoms. The van der Waals surface area contributed by atoms with Crippen LogP contribution in [-0.4, -0.2) is 22.2 Å². The van der Waals surface area contributed by atoms with Crippen molar-refractivity contribution in [2.45, 2.75) is 12.5 Å². The molecule has 1 unspecified atom stereocenters. The number of carbonyl (C=O) groups is 1. The van der Waals surface area contributed by atoms with E-state index in [4.69, 9.17) is 15.6 Å². The van der Waals surface area contributed by atoms with Gasteiger partial charge in [0.2, 0.25) is 0 Å². The average Bonchev–Trinajstić information content (AvgIpc) is 2.46. The molecule has 8 heteroatoms. The minimum absolute atomic E-state index is 0.204. The number of benzene rings is 2. The van der Waals surface area contributed by atoms with Crippen LogP contribution in [0.3, 0.4) is 0 Å². The van der Waals surface area contributed by atoms with Gasteiger partial charge in [-0.2, -0.15) is 0 Å². The number of ether oxygens (including phenoxy) is 1. The Labute approximate surface area is 158 Å². The van der Waals surface area contributed by atoms with Gasteiger partial charge in [-0.1, -0.05) is 0 Å². The highest BCUT2D eigenvalue weighted by Gasteiger charge is 2.16. The number of hydrogen-bond acceptors (Lipinski definition) is 4. The first-order valence-electron chi connectivity index (χ1n) is 6.40. The number of phenolic OH excluding ortho intramolecular Hbond substituents is 1. The lowest BCUT2D eigenvalue weighted by atomic mass is 10.1. The molecule has 2 aromatic carbocycles. The quantitative estimate of drug-likeness (QED) is 0.503. The van der Waals surface area contributed by atoms with Crippen molar-refractivity contribution in [3.05, 3.63) is 48.9 Å². The Morgan fingerprint density at radius 3 is 2.39 bits per heavy atom. The second-order valence-electron chi connectivity index (χ2n) is 4.75. The van der Waals surface area contributed by atoms with Crippen molar-refractivity contribution in [3.8, 4) is 17.2 Å². The average molecular weight is 543 g/mol. The molecule has 1 atom stereocenters. The van der Waals surface area contributed by atoms with Gasteiger partial charge in [0.1, 0.15) is 11.8 Å². The van der Waals surface area contributed by atoms with Gasteiger partial charge in [-0.25, -0.2) is 4.39 Å². The van der Waals surface area contributed by atoms with Crippen molar-refractivity contribution < 1.29 is 24.1 Å². The molecule has 0 fully saturated rings. The monoisotopic (exact) mass is 543 g/mol. The summed E-state index contributed by atoms with van der Waals surface area (Å²) in [4.78, 5) is 10.8. The van der Waals surface area contributed by atoms with Crippen LogP contribution in [-0.2, 0) is 11.2 Å². The van der Waals surface area contributed by atoms with Gasteiger partial charge in [-0.15, -0.1) is 0 Å². The highest BCUT2D eigenvalue weighted by atomic mass is 127. The molecule has 0 spiro atoms. The van der Waals surface area contributed by atoms with Crippen molar-refractivity contribution in [2.24, 2.45) is 5.73 Å². The summed E-state index contributed by atoms with van der Waals surface area (Å²) >= 11 is 4.11. The van der Waals surface area contributed by atoms with E-state index in [9.17, 15) is 14.3 Å². The fourth-order valence-corrected chi connectivity index (χ4v) is 3.96. The molecule has 0 aliphatic rings. The zero-order valence-corrected chi connectivity index (χ0v) is 15.9. The van der Waals surface area contributed by atoms with E-state index in [-0.39, 0.29) is 12.2 Å². The summed E-state index contributed by atoms with van der Waals surface area (Å²) in [5.74, 6) is -1.48. The lowest BCUT2D eigenvalue weighted by molar-refractivity contribution is -0.138. The van der Waals surface area contributed by atoms with E-state index in [1.165, 1.54) is 12.1 Å². The molecule has 23 heavy (non-hydrogen) atoms. The molecule has 2 rings (SSSR count). The normalized spacial score (nSPS) is 12.0. The van der Waals surface area contributed by atoms with Crippen LogP contribution >= 0.6 is 45.2 Å². The van der Waals surface area contributed by atoms with Gasteiger partial charge >= 0.3 is 5.97 Å². The fraction of sp³-hybridized carbons (Fsp3) is 0.133. The predicted octanol–water partition coefficient (Wildman–Crippen LogP) is 3.49. The molecule has 0 aliphatic carbocycles. The summed E-state index contributed by atoms with van der Waals surface area (Å²) in [6.45, 7) is 0. The van der Waals surface area contributed by atoms with Crippen LogP contribution in [0.25, 0.3) is 0 Å². The number of halogens is 3. The number of hydrogen-bond donors (Lipinski definition) is 3. The first kappa shape index (κ1) is 18.2. The highest BCUT2D eigenvalue weighted by molar-refractivity contribution is 14.1. The Hall–Kier alpha value is -1.14. The molecule has 0 heterocycles. The lowest BCUT2D eigenvalue weighted by Gasteiger charge is -2.13. The first-order chi connectivity index (χ1) is 10.8. The Kier molecular flexibility index (Phi) is 6.03. The maximum Gasteiger partial charge on any atom is 0.320 e. The lowest BCUT2D eigenvalue weighted by Crippen LogP contribution is -2.32. The van der Waals surface area contributed by atoms with Crippen LogP contribution in [0.2, 0.25) is 0 Å². The Bertz CT molecular complexity index is 731. The van der Waals surface area contributed by atoms with Gasteiger partial charge in [-0.05, 0) is 81.4 Å². The van der Waals surface area contributed by atoms with Crippen molar-refractivity contribution in [2.75, 3.05) is 0 Å². The molecule has 0 radical (unpaired) electrons. The SMILES string of the molecule is NC(Cc1cc(I)c(Oc2ccc(O)c(F)c2)c(I)c1)C(=O)O. The van der Waals surface area contributed by atoms with Crippen LogP contribution in [0, 0.1) is 13.0 Å². The summed E-state index contributed by atoms with van der Waals surface area (Å²) in [5, 5.41) is 18.1. The van der Waals surface area contributed by atoms with Crippen LogP contribution in [0.15, 0.2) is 30.3 Å². The van der Waals surface area contributed by atoms with E-state index in [1.807, 2.05) is 0 Å². The number of rotatable bonds is 5. The van der Waals surface area contributed by atoms with Crippen LogP contribution < -0.4 is 10.5 Å². The van der Waals surface area contributed by atoms with Crippen LogP contribution in [0.4, 0.5) is 4.39 Å². The van der Waals surface area contributed by atoms with Crippen molar-refractivity contribution in [3.63, 3.8) is 0 Å². The van der Waals surface area contributed by atoms with Gasteiger partial charge in [0.25, 0.3) is 0 Å². The molecular formula is C15H12FI2NO4. The Balaban J connectivity index is 2.26. The van der Waals surface area contributed by atoms with Crippen molar-refractivity contribution in [1.82, 2.24) is 0 Å². The second kappa shape index (κ2) is 7.62. The Morgan fingerprint density at radius 2 is 1.87 bits per heavy atom. The molecule has 0 amide bonds. The van der Waals surface area contributed by atoms with Gasteiger partial charge in [-0.3, -0.25) is 4.79 Å². The molecule has 122 valence electrons. The third-order valence-corrected chi connectivity index (χ3v) is 4.57. The smallest absolute Gasteiger partial charge is 0.320 e. The van der Waals surface area contributed by atoms with Gasteiger partial charge in [0.15, 0.2) is 17.3 Å². The molecule has 0 aromatic heterocycles. The molecular weight excluding hydrogens is 531 g/mol. The van der Waals surface area contributed by atoms with Gasteiger partial charge < -0.3 is 20.7 Å². The summed E-state index contributed by atoms with van der Waals surface area (Å²) in [6.07, 6.45) is 0.204. The van der Waals surface area contributed by atoms with E-state index in [1.54, 1.807) is 12.1 Å². The number of carboxylic acid groups (broad SMARTS) is 1. The van der Waals surface area contributed by atoms with Gasteiger partial charge in [0, 0.05) is 6.07 Å². The first-order valence-corrected chi connectivity index (χ1v) is 8.56. The summed E-state index contributed by atoms with van der Waals surface area (Å²) in [6, 6.07) is 6.34. The number of carboxylic acids is 1. The molecule has 0 aliphatic heterocycles. The van der Waals surface area contributed by atoms with E-state index in [0.717, 1.165) is 18.8 Å². The van der Waals surface area contributed by atoms with Gasteiger partial charge in [0.05, 0.1) is 7.14 Å². The predicted molar refractivity (Wildman–Crippen MR) is 99.3 cm³/mol. The number of aromatic hydroxyl groups is 1. The zero-order chi connectivity index (χ0) is 17.1. The summed E-state index contributed by atoms with van der Waals surface area (Å²) < 4.78 is 20.5. The maximum absolute atomic E-state index is 13.4. The highest BCUT2D eigenvalue weighted by Crippen LogP contribution is 2.34. The molecule has 5 nitrogen and oxygen atoms in total. The fourth-order valence-electron chi connectivity index (χ4n) is 1.84. The largest absolute Gasteiger partial charge is 0.505 e. The molecule has 4 N–H and O–H groups in total. The number of phenols is 1. The third kappa shape index (κ3) is 4.67. The minimum Gasteiger partial charge on any atom is -0.505 e. The third-order valence-electron chi connectivity index (χ3n) is 2.97. The minimum atomic E-state index is -1.06. The maximum atomic E-state index is 13.4. The summed E-state index contributed by atoms with van der Waals surface area (Å²) in [7, 11) is 0. The van der Waals surface area contributed by atoms with E-state index >= 15 is 0 Å². The number of aliphatic carboxylic acids is 1. The van der Waals surface area contributed by atoms with Crippen LogP contribution in [0.1, 0.15) is 5.56 Å². The van der Waals surface area contributed by atoms with E-state index < -0.39 is 23.6 Å². The van der Waals surface area contributed by atoms with Crippen molar-refractivity contribution >= 4 is 51.2 Å². The molecule has 2 aromatic rings. The van der Waals surface area contributed by atoms with E-state index in [0.29, 0.717) is 5.75 Å². The summed E-state index contributed by atoms with van der Waals surface area (Å²) in [5.41, 5.74) is 6.32. The molecule has 0 saturated heterocycles. The van der Waals surface area contributed by atoms with Crippen LogP contribution in [0.5, 0.6) is 17.2 Å². The molecule has 0 saturated carbocycles. The standard InChI is InChI=1S/C15H12FI2NO4/c16-9-6-8(1-2-13(9)20)23-14-10(17)3-7(4-11(14)18)5-12(19)15(21)22/h1-4,6,12,20H,5,19H2,(H,21,22). The topological polar surface area (TPSA) is 92.8 Å². The van der Waals surface area contributed by atoms with E-state index in [2.05, 4.69) is 45.2 Å². The Morgan fingerprint density at radius 1 is 1.26 bits per heavy atom.